The monoisotopic (exact) mass is 291 g/mol. The Bertz CT molecular complexity index is 365. The Morgan fingerprint density at radius 3 is 1.88 bits per heavy atom. The molecule has 0 aliphatic rings. The maximum absolute atomic E-state index is 12.9. The second kappa shape index (κ2) is 4.59. The van der Waals surface area contributed by atoms with Crippen LogP contribution in [-0.4, -0.2) is 37.2 Å². The quantitative estimate of drug-likeness (QED) is 0.545. The first-order valence-electron chi connectivity index (χ1n) is 3.57. The Morgan fingerprint density at radius 2 is 1.59 bits per heavy atom. The van der Waals surface area contributed by atoms with E-state index in [1.807, 2.05) is 0 Å². The van der Waals surface area contributed by atoms with Crippen LogP contribution in [-0.2, 0) is 19.6 Å². The third-order valence-electron chi connectivity index (χ3n) is 1.36. The molecule has 0 aliphatic heterocycles. The Labute approximate surface area is 91.0 Å². The molecule has 1 atom stereocenters. The summed E-state index contributed by atoms with van der Waals surface area (Å²) in [5.41, 5.74) is -5.76. The fourth-order valence-electron chi connectivity index (χ4n) is 0.531. The second-order valence-electron chi connectivity index (χ2n) is 2.71. The molecule has 0 bridgehead atoms. The first-order chi connectivity index (χ1) is 7.27. The summed E-state index contributed by atoms with van der Waals surface area (Å²) in [6.07, 6.45) is -5.23. The van der Waals surface area contributed by atoms with Gasteiger partial charge in [-0.05, 0) is 0 Å². The highest BCUT2D eigenvalue weighted by Gasteiger charge is 2.61. The summed E-state index contributed by atoms with van der Waals surface area (Å²) in [5.74, 6) is -4.74. The predicted octanol–water partition coefficient (Wildman–Crippen LogP) is 1.32. The van der Waals surface area contributed by atoms with E-state index in [9.17, 15) is 39.3 Å². The van der Waals surface area contributed by atoms with Gasteiger partial charge in [-0.25, -0.2) is 17.2 Å². The Balaban J connectivity index is 5.13. The van der Waals surface area contributed by atoms with Gasteiger partial charge in [0.15, 0.2) is 17.0 Å². The molecule has 104 valence electrons. The lowest BCUT2D eigenvalue weighted by Gasteiger charge is -2.32. The number of halogens is 6. The van der Waals surface area contributed by atoms with Crippen LogP contribution in [0.3, 0.4) is 0 Å². The third-order valence-corrected chi connectivity index (χ3v) is 2.02. The molecular weight excluding hydrogens is 286 g/mol. The molecule has 0 aliphatic carbocycles. The molecule has 0 aromatic carbocycles. The SMILES string of the molecule is CC(F)(OC(F)(F)S(=O)(=O)[O-])C(F)(F)OCF. The zero-order valence-electron chi connectivity index (χ0n) is 7.92. The van der Waals surface area contributed by atoms with Crippen LogP contribution >= 0.6 is 0 Å². The van der Waals surface area contributed by atoms with Crippen molar-refractivity contribution in [2.45, 2.75) is 24.3 Å². The summed E-state index contributed by atoms with van der Waals surface area (Å²) in [6.45, 7) is -2.62. The molecule has 0 spiro atoms. The first-order valence-corrected chi connectivity index (χ1v) is 4.98. The molecule has 0 fully saturated rings. The fourth-order valence-corrected chi connectivity index (χ4v) is 0.790. The van der Waals surface area contributed by atoms with E-state index in [0.29, 0.717) is 0 Å². The minimum Gasteiger partial charge on any atom is -0.741 e. The van der Waals surface area contributed by atoms with Gasteiger partial charge in [0.25, 0.3) is 0 Å². The van der Waals surface area contributed by atoms with Crippen molar-refractivity contribution in [3.8, 4) is 0 Å². The van der Waals surface area contributed by atoms with Crippen molar-refractivity contribution < 1.29 is 48.8 Å². The van der Waals surface area contributed by atoms with Gasteiger partial charge in [-0.15, -0.1) is 0 Å². The average molecular weight is 291 g/mol. The van der Waals surface area contributed by atoms with Gasteiger partial charge in [0, 0.05) is 6.92 Å². The lowest BCUT2D eigenvalue weighted by molar-refractivity contribution is -0.420. The van der Waals surface area contributed by atoms with Gasteiger partial charge in [-0.3, -0.25) is 9.47 Å². The van der Waals surface area contributed by atoms with Crippen LogP contribution in [0.1, 0.15) is 6.92 Å². The lowest BCUT2D eigenvalue weighted by atomic mass is 10.3. The van der Waals surface area contributed by atoms with Gasteiger partial charge in [0.05, 0.1) is 0 Å². The van der Waals surface area contributed by atoms with E-state index in [1.165, 1.54) is 0 Å². The van der Waals surface area contributed by atoms with Crippen molar-refractivity contribution in [2.75, 3.05) is 6.86 Å². The van der Waals surface area contributed by atoms with Crippen molar-refractivity contribution in [3.05, 3.63) is 0 Å². The van der Waals surface area contributed by atoms with Gasteiger partial charge >= 0.3 is 17.4 Å². The smallest absolute Gasteiger partial charge is 0.453 e. The molecule has 5 nitrogen and oxygen atoms in total. The van der Waals surface area contributed by atoms with Gasteiger partial charge in [-0.1, -0.05) is 0 Å². The molecule has 0 radical (unpaired) electrons. The average Bonchev–Trinajstić information content (AvgIpc) is 1.98. The van der Waals surface area contributed by atoms with Gasteiger partial charge in [0.2, 0.25) is 0 Å². The van der Waals surface area contributed by atoms with Crippen LogP contribution in [0.5, 0.6) is 0 Å². The fraction of sp³-hybridized carbons (Fsp3) is 1.00. The largest absolute Gasteiger partial charge is 0.741 e. The summed E-state index contributed by atoms with van der Waals surface area (Å²) in [7, 11) is -6.54. The highest BCUT2D eigenvalue weighted by atomic mass is 32.2. The number of hydrogen-bond acceptors (Lipinski definition) is 5. The van der Waals surface area contributed by atoms with E-state index in [2.05, 4.69) is 9.47 Å². The lowest BCUT2D eigenvalue weighted by Crippen LogP contribution is -2.51. The van der Waals surface area contributed by atoms with Crippen LogP contribution < -0.4 is 0 Å². The highest BCUT2D eigenvalue weighted by Crippen LogP contribution is 2.40. The van der Waals surface area contributed by atoms with E-state index >= 15 is 0 Å². The number of hydrogen-bond donors (Lipinski definition) is 0. The van der Waals surface area contributed by atoms with E-state index in [-0.39, 0.29) is 6.92 Å². The summed E-state index contributed by atoms with van der Waals surface area (Å²) >= 11 is 0. The van der Waals surface area contributed by atoms with E-state index in [1.54, 1.807) is 0 Å². The van der Waals surface area contributed by atoms with Crippen molar-refractivity contribution >= 4 is 10.1 Å². The summed E-state index contributed by atoms with van der Waals surface area (Å²) in [6, 6.07) is 0. The molecule has 0 saturated carbocycles. The predicted molar refractivity (Wildman–Crippen MR) is 37.2 cm³/mol. The van der Waals surface area contributed by atoms with Crippen molar-refractivity contribution in [1.82, 2.24) is 0 Å². The summed E-state index contributed by atoms with van der Waals surface area (Å²) in [4.78, 5) is 0. The van der Waals surface area contributed by atoms with Crippen molar-refractivity contribution in [2.24, 2.45) is 0 Å². The van der Waals surface area contributed by atoms with Crippen molar-refractivity contribution in [3.63, 3.8) is 0 Å². The molecular formula is C5H5F6O5S-. The zero-order valence-corrected chi connectivity index (χ0v) is 8.74. The molecule has 0 N–H and O–H groups in total. The maximum Gasteiger partial charge on any atom is 0.453 e. The van der Waals surface area contributed by atoms with E-state index in [0.717, 1.165) is 0 Å². The Hall–Kier alpha value is -0.590. The molecule has 0 aromatic rings. The Morgan fingerprint density at radius 1 is 1.18 bits per heavy atom. The molecule has 17 heavy (non-hydrogen) atoms. The van der Waals surface area contributed by atoms with Gasteiger partial charge in [-0.2, -0.15) is 17.6 Å². The third kappa shape index (κ3) is 3.69. The molecule has 0 saturated heterocycles. The Kier molecular flexibility index (Phi) is 4.43. The number of ether oxygens (including phenoxy) is 2. The molecule has 0 aromatic heterocycles. The minimum absolute atomic E-state index is 0.359. The summed E-state index contributed by atoms with van der Waals surface area (Å²) in [5, 5.41) is 0. The first kappa shape index (κ1) is 16.4. The molecule has 0 amide bonds. The van der Waals surface area contributed by atoms with E-state index in [4.69, 9.17) is 0 Å². The zero-order chi connectivity index (χ0) is 14.1. The maximum atomic E-state index is 12.9. The van der Waals surface area contributed by atoms with Crippen LogP contribution in [0.15, 0.2) is 0 Å². The topological polar surface area (TPSA) is 75.7 Å². The van der Waals surface area contributed by atoms with Gasteiger partial charge in [0.1, 0.15) is 0 Å². The number of alkyl halides is 6. The standard InChI is InChI=1S/C5H6F6O5S/c1-3(7,4(8,9)15-2-6)16-5(10,11)17(12,13)14/h2H2,1H3,(H,12,13,14)/p-1. The minimum atomic E-state index is -6.54. The summed E-state index contributed by atoms with van der Waals surface area (Å²) < 4.78 is 109. The van der Waals surface area contributed by atoms with Crippen LogP contribution in [0.4, 0.5) is 26.3 Å². The second-order valence-corrected chi connectivity index (χ2v) is 4.09. The van der Waals surface area contributed by atoms with Crippen LogP contribution in [0.2, 0.25) is 0 Å². The highest BCUT2D eigenvalue weighted by molar-refractivity contribution is 7.86. The molecule has 0 heterocycles. The molecule has 0 rings (SSSR count). The van der Waals surface area contributed by atoms with Crippen LogP contribution in [0, 0.1) is 0 Å². The van der Waals surface area contributed by atoms with E-state index < -0.39 is 34.4 Å². The number of rotatable bonds is 6. The molecule has 1 unspecified atom stereocenters. The normalized spacial score (nSPS) is 17.9. The molecule has 12 heteroatoms. The van der Waals surface area contributed by atoms with Crippen LogP contribution in [0.25, 0.3) is 0 Å². The van der Waals surface area contributed by atoms with Gasteiger partial charge < -0.3 is 4.55 Å². The van der Waals surface area contributed by atoms with Crippen molar-refractivity contribution in [1.29, 1.82) is 0 Å².